The molecule has 2 aromatic rings. The van der Waals surface area contributed by atoms with Gasteiger partial charge in [-0.1, -0.05) is 12.1 Å². The summed E-state index contributed by atoms with van der Waals surface area (Å²) in [5, 5.41) is 11.1. The van der Waals surface area contributed by atoms with E-state index in [1.807, 2.05) is 16.9 Å². The molecule has 0 bridgehead atoms. The summed E-state index contributed by atoms with van der Waals surface area (Å²) >= 11 is 0. The van der Waals surface area contributed by atoms with Crippen LogP contribution >= 0.6 is 0 Å². The van der Waals surface area contributed by atoms with Gasteiger partial charge in [-0.15, -0.1) is 0 Å². The van der Waals surface area contributed by atoms with E-state index in [9.17, 15) is 0 Å². The zero-order chi connectivity index (χ0) is 19.6. The Morgan fingerprint density at radius 3 is 2.64 bits per heavy atom. The first kappa shape index (κ1) is 20.4. The molecule has 1 aromatic carbocycles. The fourth-order valence-corrected chi connectivity index (χ4v) is 3.61. The second-order valence-electron chi connectivity index (χ2n) is 7.59. The standard InChI is InChI=1S/C22H34N6/c1-3-23-22(25-15-10-20-11-17-27(2)18-12-20)24-14-9-19-5-7-21(8-6-19)28-16-4-13-26-28/h4-8,13,16,20H,3,9-12,14-15,17-18H2,1-2H3,(H2,23,24,25). The summed E-state index contributed by atoms with van der Waals surface area (Å²) in [6.45, 7) is 7.24. The van der Waals surface area contributed by atoms with Crippen molar-refractivity contribution in [2.75, 3.05) is 39.8 Å². The molecule has 0 spiro atoms. The quantitative estimate of drug-likeness (QED) is 0.544. The van der Waals surface area contributed by atoms with Gasteiger partial charge >= 0.3 is 0 Å². The fourth-order valence-electron chi connectivity index (χ4n) is 3.61. The lowest BCUT2D eigenvalue weighted by atomic mass is 9.94. The molecular formula is C22H34N6. The van der Waals surface area contributed by atoms with E-state index in [4.69, 9.17) is 4.99 Å². The van der Waals surface area contributed by atoms with Crippen LogP contribution in [0.25, 0.3) is 5.69 Å². The number of nitrogens with one attached hydrogen (secondary N) is 2. The van der Waals surface area contributed by atoms with Gasteiger partial charge in [0.2, 0.25) is 0 Å². The second kappa shape index (κ2) is 10.9. The predicted molar refractivity (Wildman–Crippen MR) is 116 cm³/mol. The molecule has 0 amide bonds. The molecule has 6 heteroatoms. The Labute approximate surface area is 169 Å². The molecule has 1 aliphatic heterocycles. The van der Waals surface area contributed by atoms with Crippen LogP contribution in [0.1, 0.15) is 31.7 Å². The molecule has 0 saturated carbocycles. The normalized spacial score (nSPS) is 16.3. The van der Waals surface area contributed by atoms with Gasteiger partial charge in [0.15, 0.2) is 5.96 Å². The molecule has 3 rings (SSSR count). The van der Waals surface area contributed by atoms with Crippen molar-refractivity contribution in [3.63, 3.8) is 0 Å². The van der Waals surface area contributed by atoms with Gasteiger partial charge in [0.05, 0.1) is 5.69 Å². The largest absolute Gasteiger partial charge is 0.357 e. The fraction of sp³-hybridized carbons (Fsp3) is 0.545. The number of piperidine rings is 1. The summed E-state index contributed by atoms with van der Waals surface area (Å²) in [7, 11) is 2.21. The molecule has 0 aliphatic carbocycles. The Balaban J connectivity index is 1.41. The lowest BCUT2D eigenvalue weighted by Crippen LogP contribution is -2.38. The van der Waals surface area contributed by atoms with E-state index in [1.54, 1.807) is 6.20 Å². The molecule has 0 unspecified atom stereocenters. The van der Waals surface area contributed by atoms with Gasteiger partial charge in [0.1, 0.15) is 0 Å². The first-order valence-corrected chi connectivity index (χ1v) is 10.5. The summed E-state index contributed by atoms with van der Waals surface area (Å²) in [6.07, 6.45) is 8.54. The Morgan fingerprint density at radius 1 is 1.18 bits per heavy atom. The van der Waals surface area contributed by atoms with Crippen molar-refractivity contribution in [3.8, 4) is 5.69 Å². The van der Waals surface area contributed by atoms with E-state index in [2.05, 4.69) is 58.9 Å². The predicted octanol–water partition coefficient (Wildman–Crippen LogP) is 2.70. The highest BCUT2D eigenvalue weighted by Gasteiger charge is 2.15. The van der Waals surface area contributed by atoms with Crippen molar-refractivity contribution < 1.29 is 0 Å². The van der Waals surface area contributed by atoms with Crippen LogP contribution in [0, 0.1) is 5.92 Å². The van der Waals surface area contributed by atoms with Crippen LogP contribution in [0.4, 0.5) is 0 Å². The van der Waals surface area contributed by atoms with Gasteiger partial charge in [-0.25, -0.2) is 4.68 Å². The Kier molecular flexibility index (Phi) is 7.91. The Bertz CT molecular complexity index is 699. The van der Waals surface area contributed by atoms with Crippen molar-refractivity contribution in [3.05, 3.63) is 48.3 Å². The summed E-state index contributed by atoms with van der Waals surface area (Å²) in [6, 6.07) is 10.5. The first-order valence-electron chi connectivity index (χ1n) is 10.5. The third-order valence-electron chi connectivity index (χ3n) is 5.40. The van der Waals surface area contributed by atoms with Crippen LogP contribution in [0.3, 0.4) is 0 Å². The summed E-state index contributed by atoms with van der Waals surface area (Å²) in [5.74, 6) is 1.76. The average molecular weight is 383 g/mol. The minimum Gasteiger partial charge on any atom is -0.357 e. The number of benzene rings is 1. The van der Waals surface area contributed by atoms with Crippen molar-refractivity contribution in [2.24, 2.45) is 10.9 Å². The number of aliphatic imine (C=N–C) groups is 1. The van der Waals surface area contributed by atoms with Crippen molar-refractivity contribution in [1.82, 2.24) is 25.3 Å². The first-order chi connectivity index (χ1) is 13.7. The van der Waals surface area contributed by atoms with E-state index >= 15 is 0 Å². The average Bonchev–Trinajstić information content (AvgIpc) is 3.25. The second-order valence-corrected chi connectivity index (χ2v) is 7.59. The van der Waals surface area contributed by atoms with E-state index < -0.39 is 0 Å². The number of guanidine groups is 1. The maximum Gasteiger partial charge on any atom is 0.191 e. The topological polar surface area (TPSA) is 57.5 Å². The zero-order valence-electron chi connectivity index (χ0n) is 17.3. The highest BCUT2D eigenvalue weighted by atomic mass is 15.3. The third-order valence-corrected chi connectivity index (χ3v) is 5.40. The Morgan fingerprint density at radius 2 is 1.96 bits per heavy atom. The molecule has 2 N–H and O–H groups in total. The Hall–Kier alpha value is -2.34. The summed E-state index contributed by atoms with van der Waals surface area (Å²) in [4.78, 5) is 7.20. The number of nitrogens with zero attached hydrogens (tertiary/aromatic N) is 4. The van der Waals surface area contributed by atoms with Gasteiger partial charge in [-0.05, 0) is 82.4 Å². The van der Waals surface area contributed by atoms with Crippen LogP contribution in [0.5, 0.6) is 0 Å². The molecule has 152 valence electrons. The number of aromatic nitrogens is 2. The molecule has 0 atom stereocenters. The molecule has 1 aliphatic rings. The van der Waals surface area contributed by atoms with Crippen molar-refractivity contribution in [2.45, 2.75) is 32.6 Å². The van der Waals surface area contributed by atoms with E-state index in [0.29, 0.717) is 0 Å². The maximum atomic E-state index is 4.77. The van der Waals surface area contributed by atoms with Crippen LogP contribution in [0.15, 0.2) is 47.7 Å². The highest BCUT2D eigenvalue weighted by Crippen LogP contribution is 2.19. The lowest BCUT2D eigenvalue weighted by Gasteiger charge is -2.28. The molecule has 1 aromatic heterocycles. The molecule has 28 heavy (non-hydrogen) atoms. The molecule has 1 saturated heterocycles. The van der Waals surface area contributed by atoms with Gasteiger partial charge in [-0.2, -0.15) is 5.10 Å². The van der Waals surface area contributed by atoms with Crippen LogP contribution in [-0.2, 0) is 6.42 Å². The monoisotopic (exact) mass is 382 g/mol. The highest BCUT2D eigenvalue weighted by molar-refractivity contribution is 5.79. The van der Waals surface area contributed by atoms with E-state index in [1.165, 1.54) is 37.9 Å². The summed E-state index contributed by atoms with van der Waals surface area (Å²) in [5.41, 5.74) is 2.40. The van der Waals surface area contributed by atoms with Crippen LogP contribution in [-0.4, -0.2) is 60.4 Å². The molecule has 2 heterocycles. The van der Waals surface area contributed by atoms with Gasteiger partial charge in [0, 0.05) is 32.0 Å². The number of rotatable bonds is 8. The maximum absolute atomic E-state index is 4.77. The van der Waals surface area contributed by atoms with E-state index in [0.717, 1.165) is 43.6 Å². The SMILES string of the molecule is CCNC(=NCCC1CCN(C)CC1)NCCc1ccc(-n2cccn2)cc1. The van der Waals surface area contributed by atoms with E-state index in [-0.39, 0.29) is 0 Å². The van der Waals surface area contributed by atoms with Crippen LogP contribution in [0.2, 0.25) is 0 Å². The number of hydrogen-bond donors (Lipinski definition) is 2. The minimum atomic E-state index is 0.830. The third kappa shape index (κ3) is 6.37. The number of likely N-dealkylation sites (tertiary alicyclic amines) is 1. The number of hydrogen-bond acceptors (Lipinski definition) is 3. The molecule has 6 nitrogen and oxygen atoms in total. The lowest BCUT2D eigenvalue weighted by molar-refractivity contribution is 0.214. The molecular weight excluding hydrogens is 348 g/mol. The molecule has 1 fully saturated rings. The van der Waals surface area contributed by atoms with Gasteiger partial charge in [0.25, 0.3) is 0 Å². The van der Waals surface area contributed by atoms with Crippen molar-refractivity contribution in [1.29, 1.82) is 0 Å². The van der Waals surface area contributed by atoms with Crippen molar-refractivity contribution >= 4 is 5.96 Å². The molecule has 0 radical (unpaired) electrons. The zero-order valence-corrected chi connectivity index (χ0v) is 17.3. The van der Waals surface area contributed by atoms with Gasteiger partial charge < -0.3 is 15.5 Å². The van der Waals surface area contributed by atoms with Crippen LogP contribution < -0.4 is 10.6 Å². The van der Waals surface area contributed by atoms with Gasteiger partial charge in [-0.3, -0.25) is 4.99 Å². The smallest absolute Gasteiger partial charge is 0.191 e. The minimum absolute atomic E-state index is 0.830. The summed E-state index contributed by atoms with van der Waals surface area (Å²) < 4.78 is 1.88.